The minimum atomic E-state index is 0.349. The van der Waals surface area contributed by atoms with Gasteiger partial charge in [0.05, 0.1) is 6.10 Å². The molecule has 100 valence electrons. The Morgan fingerprint density at radius 1 is 1.39 bits per heavy atom. The molecular formula is C15H24N2O. The van der Waals surface area contributed by atoms with E-state index in [-0.39, 0.29) is 0 Å². The second kappa shape index (κ2) is 6.86. The van der Waals surface area contributed by atoms with E-state index in [0.717, 1.165) is 13.2 Å². The highest BCUT2D eigenvalue weighted by molar-refractivity contribution is 5.18. The fourth-order valence-electron chi connectivity index (χ4n) is 2.79. The minimum absolute atomic E-state index is 0.349. The predicted octanol–water partition coefficient (Wildman–Crippen LogP) is 2.73. The van der Waals surface area contributed by atoms with Crippen LogP contribution >= 0.6 is 0 Å². The third-order valence-corrected chi connectivity index (χ3v) is 3.83. The molecule has 2 rings (SSSR count). The highest BCUT2D eigenvalue weighted by atomic mass is 16.5. The summed E-state index contributed by atoms with van der Waals surface area (Å²) in [4.78, 5) is 4.09. The maximum atomic E-state index is 5.96. The topological polar surface area (TPSA) is 34.1 Å². The van der Waals surface area contributed by atoms with Crippen molar-refractivity contribution in [1.82, 2.24) is 10.3 Å². The van der Waals surface area contributed by atoms with E-state index in [1.165, 1.54) is 24.8 Å². The van der Waals surface area contributed by atoms with Crippen LogP contribution < -0.4 is 5.32 Å². The van der Waals surface area contributed by atoms with E-state index in [9.17, 15) is 0 Å². The number of likely N-dealkylation sites (N-methyl/N-ethyl adjacent to an activating group) is 1. The van der Waals surface area contributed by atoms with E-state index >= 15 is 0 Å². The second-order valence-corrected chi connectivity index (χ2v) is 5.06. The quantitative estimate of drug-likeness (QED) is 0.870. The Hall–Kier alpha value is -0.930. The minimum Gasteiger partial charge on any atom is -0.377 e. The Morgan fingerprint density at radius 2 is 2.17 bits per heavy atom. The van der Waals surface area contributed by atoms with E-state index < -0.39 is 0 Å². The Morgan fingerprint density at radius 3 is 2.78 bits per heavy atom. The summed E-state index contributed by atoms with van der Waals surface area (Å²) in [5.74, 6) is 0.455. The first-order valence-corrected chi connectivity index (χ1v) is 7.08. The molecule has 0 spiro atoms. The third-order valence-electron chi connectivity index (χ3n) is 3.83. The molecule has 0 aromatic carbocycles. The van der Waals surface area contributed by atoms with Gasteiger partial charge in [0.15, 0.2) is 0 Å². The van der Waals surface area contributed by atoms with Crippen molar-refractivity contribution in [3.05, 3.63) is 30.1 Å². The van der Waals surface area contributed by atoms with Crippen LogP contribution in [0.5, 0.6) is 0 Å². The highest BCUT2D eigenvalue weighted by Crippen LogP contribution is 2.26. The van der Waals surface area contributed by atoms with Crippen molar-refractivity contribution in [2.45, 2.75) is 51.2 Å². The summed E-state index contributed by atoms with van der Waals surface area (Å²) in [7, 11) is 0. The average Bonchev–Trinajstić information content (AvgIpc) is 2.46. The first kappa shape index (κ1) is 13.5. The van der Waals surface area contributed by atoms with Crippen LogP contribution in [0.25, 0.3) is 0 Å². The van der Waals surface area contributed by atoms with Crippen LogP contribution in [0, 0.1) is 0 Å². The molecule has 1 aromatic rings. The molecule has 2 heterocycles. The Kier molecular flexibility index (Phi) is 5.14. The molecular weight excluding hydrogens is 224 g/mol. The number of nitrogens with zero attached hydrogens (tertiary/aromatic N) is 1. The van der Waals surface area contributed by atoms with Crippen molar-refractivity contribution in [1.29, 1.82) is 0 Å². The molecule has 0 bridgehead atoms. The maximum absolute atomic E-state index is 5.96. The molecule has 3 unspecified atom stereocenters. The van der Waals surface area contributed by atoms with Crippen LogP contribution in [-0.2, 0) is 4.74 Å². The molecule has 1 aromatic heterocycles. The van der Waals surface area contributed by atoms with E-state index in [2.05, 4.69) is 36.3 Å². The molecule has 18 heavy (non-hydrogen) atoms. The number of rotatable bonds is 5. The van der Waals surface area contributed by atoms with Crippen molar-refractivity contribution < 1.29 is 4.74 Å². The SMILES string of the molecule is CCNC(C1CCCCO1)C(C)c1ccncc1. The van der Waals surface area contributed by atoms with E-state index in [0.29, 0.717) is 18.1 Å². The zero-order valence-electron chi connectivity index (χ0n) is 11.4. The maximum Gasteiger partial charge on any atom is 0.0733 e. The van der Waals surface area contributed by atoms with Crippen molar-refractivity contribution in [2.75, 3.05) is 13.2 Å². The molecule has 1 aliphatic rings. The van der Waals surface area contributed by atoms with Gasteiger partial charge in [-0.2, -0.15) is 0 Å². The molecule has 3 atom stereocenters. The molecule has 1 aliphatic heterocycles. The van der Waals surface area contributed by atoms with Crippen LogP contribution in [-0.4, -0.2) is 30.3 Å². The zero-order valence-corrected chi connectivity index (χ0v) is 11.4. The first-order valence-electron chi connectivity index (χ1n) is 7.08. The lowest BCUT2D eigenvalue weighted by molar-refractivity contribution is -0.0120. The summed E-state index contributed by atoms with van der Waals surface area (Å²) in [6, 6.07) is 4.62. The van der Waals surface area contributed by atoms with Crippen molar-refractivity contribution in [3.63, 3.8) is 0 Å². The molecule has 3 heteroatoms. The highest BCUT2D eigenvalue weighted by Gasteiger charge is 2.29. The predicted molar refractivity (Wildman–Crippen MR) is 73.7 cm³/mol. The van der Waals surface area contributed by atoms with Gasteiger partial charge < -0.3 is 10.1 Å². The third kappa shape index (κ3) is 3.30. The number of pyridine rings is 1. The number of aromatic nitrogens is 1. The standard InChI is InChI=1S/C15H24N2O/c1-3-17-15(14-6-4-5-11-18-14)12(2)13-7-9-16-10-8-13/h7-10,12,14-15,17H,3-6,11H2,1-2H3. The second-order valence-electron chi connectivity index (χ2n) is 5.06. The molecule has 0 aliphatic carbocycles. The summed E-state index contributed by atoms with van der Waals surface area (Å²) in [6.07, 6.45) is 7.76. The van der Waals surface area contributed by atoms with Gasteiger partial charge in [-0.15, -0.1) is 0 Å². The van der Waals surface area contributed by atoms with Gasteiger partial charge in [0.1, 0.15) is 0 Å². The number of ether oxygens (including phenoxy) is 1. The molecule has 1 N–H and O–H groups in total. The van der Waals surface area contributed by atoms with Crippen LogP contribution in [0.2, 0.25) is 0 Å². The van der Waals surface area contributed by atoms with Gasteiger partial charge in [0.2, 0.25) is 0 Å². The van der Waals surface area contributed by atoms with Gasteiger partial charge in [-0.3, -0.25) is 4.98 Å². The molecule has 0 radical (unpaired) electrons. The van der Waals surface area contributed by atoms with Crippen molar-refractivity contribution >= 4 is 0 Å². The van der Waals surface area contributed by atoms with Crippen LogP contribution in [0.3, 0.4) is 0 Å². The van der Waals surface area contributed by atoms with Gasteiger partial charge in [-0.25, -0.2) is 0 Å². The monoisotopic (exact) mass is 248 g/mol. The largest absolute Gasteiger partial charge is 0.377 e. The smallest absolute Gasteiger partial charge is 0.0733 e. The van der Waals surface area contributed by atoms with E-state index in [1.807, 2.05) is 12.4 Å². The van der Waals surface area contributed by atoms with Crippen LogP contribution in [0.15, 0.2) is 24.5 Å². The van der Waals surface area contributed by atoms with Gasteiger partial charge in [-0.05, 0) is 49.4 Å². The Labute approximate surface area is 110 Å². The molecule has 1 saturated heterocycles. The fourth-order valence-corrected chi connectivity index (χ4v) is 2.79. The lowest BCUT2D eigenvalue weighted by Crippen LogP contribution is -2.46. The van der Waals surface area contributed by atoms with Gasteiger partial charge >= 0.3 is 0 Å². The molecule has 3 nitrogen and oxygen atoms in total. The summed E-state index contributed by atoms with van der Waals surface area (Å²) < 4.78 is 5.96. The summed E-state index contributed by atoms with van der Waals surface area (Å²) in [5, 5.41) is 3.61. The van der Waals surface area contributed by atoms with Gasteiger partial charge in [-0.1, -0.05) is 13.8 Å². The molecule has 0 saturated carbocycles. The number of hydrogen-bond donors (Lipinski definition) is 1. The Bertz CT molecular complexity index is 336. The lowest BCUT2D eigenvalue weighted by atomic mass is 9.87. The van der Waals surface area contributed by atoms with E-state index in [1.54, 1.807) is 0 Å². The van der Waals surface area contributed by atoms with Crippen molar-refractivity contribution in [3.8, 4) is 0 Å². The van der Waals surface area contributed by atoms with E-state index in [4.69, 9.17) is 4.74 Å². The van der Waals surface area contributed by atoms with Crippen LogP contribution in [0.4, 0.5) is 0 Å². The normalized spacial score (nSPS) is 23.6. The van der Waals surface area contributed by atoms with Gasteiger partial charge in [0, 0.05) is 25.0 Å². The zero-order chi connectivity index (χ0) is 12.8. The Balaban J connectivity index is 2.08. The fraction of sp³-hybridized carbons (Fsp3) is 0.667. The van der Waals surface area contributed by atoms with Gasteiger partial charge in [0.25, 0.3) is 0 Å². The molecule has 0 amide bonds. The summed E-state index contributed by atoms with van der Waals surface area (Å²) in [6.45, 7) is 6.34. The van der Waals surface area contributed by atoms with Crippen LogP contribution in [0.1, 0.15) is 44.6 Å². The summed E-state index contributed by atoms with van der Waals surface area (Å²) >= 11 is 0. The summed E-state index contributed by atoms with van der Waals surface area (Å²) in [5.41, 5.74) is 1.34. The number of nitrogens with one attached hydrogen (secondary N) is 1. The van der Waals surface area contributed by atoms with Crippen molar-refractivity contribution in [2.24, 2.45) is 0 Å². The first-order chi connectivity index (χ1) is 8.83. The molecule has 1 fully saturated rings. The number of hydrogen-bond acceptors (Lipinski definition) is 3. The average molecular weight is 248 g/mol. The lowest BCUT2D eigenvalue weighted by Gasteiger charge is -2.35.